The first-order valence-corrected chi connectivity index (χ1v) is 10.1. The average Bonchev–Trinajstić information content (AvgIpc) is 3.27. The molecule has 1 aromatic heterocycles. The van der Waals surface area contributed by atoms with E-state index in [0.717, 1.165) is 43.1 Å². The van der Waals surface area contributed by atoms with E-state index in [-0.39, 0.29) is 29.4 Å². The second-order valence-electron chi connectivity index (χ2n) is 8.25. The van der Waals surface area contributed by atoms with Gasteiger partial charge in [-0.1, -0.05) is 45.0 Å². The molecule has 0 radical (unpaired) electrons. The Kier molecular flexibility index (Phi) is 8.45. The molecule has 8 heteroatoms. The molecule has 0 spiro atoms. The predicted molar refractivity (Wildman–Crippen MR) is 127 cm³/mol. The molecule has 2 heterocycles. The molecule has 0 saturated carbocycles. The van der Waals surface area contributed by atoms with E-state index in [4.69, 9.17) is 0 Å². The molecule has 1 aromatic carbocycles. The summed E-state index contributed by atoms with van der Waals surface area (Å²) in [4.78, 5) is 4.61. The van der Waals surface area contributed by atoms with Crippen LogP contribution in [0.3, 0.4) is 0 Å². The standard InChI is InChI=1S/C21H32N6O.HI/c1-5-22-20(24-14-19-26-25-18-7-6-12-27(18)19)23-13-17(28)15-8-10-16(11-9-15)21(2,3)4;/h8-11,17,28H,5-7,12-14H2,1-4H3,(H2,22,23,24);1H. The maximum absolute atomic E-state index is 10.5. The summed E-state index contributed by atoms with van der Waals surface area (Å²) in [6, 6.07) is 8.17. The molecule has 0 saturated heterocycles. The fourth-order valence-electron chi connectivity index (χ4n) is 3.34. The SMILES string of the molecule is CCNC(=NCc1nnc2n1CCC2)NCC(O)c1ccc(C(C)(C)C)cc1.I. The highest BCUT2D eigenvalue weighted by Crippen LogP contribution is 2.23. The summed E-state index contributed by atoms with van der Waals surface area (Å²) in [5, 5.41) is 25.4. The third kappa shape index (κ3) is 6.15. The minimum atomic E-state index is -0.602. The van der Waals surface area contributed by atoms with Gasteiger partial charge in [0.1, 0.15) is 12.4 Å². The van der Waals surface area contributed by atoms with Crippen molar-refractivity contribution in [3.63, 3.8) is 0 Å². The lowest BCUT2D eigenvalue weighted by molar-refractivity contribution is 0.181. The normalized spacial score (nSPS) is 14.9. The van der Waals surface area contributed by atoms with E-state index in [1.807, 2.05) is 19.1 Å². The molecule has 2 aromatic rings. The van der Waals surface area contributed by atoms with Crippen molar-refractivity contribution in [3.05, 3.63) is 47.0 Å². The predicted octanol–water partition coefficient (Wildman–Crippen LogP) is 2.93. The molecule has 0 fully saturated rings. The first-order valence-electron chi connectivity index (χ1n) is 10.1. The third-order valence-corrected chi connectivity index (χ3v) is 5.03. The largest absolute Gasteiger partial charge is 0.387 e. The first kappa shape index (κ1) is 23.6. The summed E-state index contributed by atoms with van der Waals surface area (Å²) in [5.41, 5.74) is 2.26. The fraction of sp³-hybridized carbons (Fsp3) is 0.571. The molecule has 29 heavy (non-hydrogen) atoms. The zero-order chi connectivity index (χ0) is 20.1. The number of hydrogen-bond donors (Lipinski definition) is 3. The van der Waals surface area contributed by atoms with Crippen LogP contribution < -0.4 is 10.6 Å². The van der Waals surface area contributed by atoms with E-state index in [0.29, 0.717) is 19.0 Å². The van der Waals surface area contributed by atoms with Gasteiger partial charge in [0, 0.05) is 26.1 Å². The molecule has 1 aliphatic rings. The Labute approximate surface area is 190 Å². The first-order chi connectivity index (χ1) is 13.4. The number of aliphatic hydroxyl groups is 1. The van der Waals surface area contributed by atoms with Gasteiger partial charge < -0.3 is 20.3 Å². The molecule has 0 bridgehead atoms. The number of halogens is 1. The van der Waals surface area contributed by atoms with E-state index in [1.165, 1.54) is 5.56 Å². The highest BCUT2D eigenvalue weighted by Gasteiger charge is 2.17. The van der Waals surface area contributed by atoms with Crippen LogP contribution in [0.25, 0.3) is 0 Å². The molecular weight excluding hydrogens is 479 g/mol. The lowest BCUT2D eigenvalue weighted by Gasteiger charge is -2.20. The zero-order valence-electron chi connectivity index (χ0n) is 17.8. The van der Waals surface area contributed by atoms with Crippen LogP contribution in [-0.2, 0) is 24.9 Å². The Bertz CT molecular complexity index is 810. The minimum Gasteiger partial charge on any atom is -0.387 e. The quantitative estimate of drug-likeness (QED) is 0.315. The molecule has 1 aliphatic heterocycles. The lowest BCUT2D eigenvalue weighted by Crippen LogP contribution is -2.39. The Morgan fingerprint density at radius 3 is 2.59 bits per heavy atom. The van der Waals surface area contributed by atoms with Crippen molar-refractivity contribution in [3.8, 4) is 0 Å². The molecule has 0 amide bonds. The van der Waals surface area contributed by atoms with Gasteiger partial charge in [0.15, 0.2) is 11.8 Å². The molecule has 160 valence electrons. The van der Waals surface area contributed by atoms with Crippen molar-refractivity contribution in [1.29, 1.82) is 0 Å². The number of aryl methyl sites for hydroxylation is 1. The van der Waals surface area contributed by atoms with Crippen LogP contribution in [0.5, 0.6) is 0 Å². The van der Waals surface area contributed by atoms with Crippen LogP contribution in [0.15, 0.2) is 29.3 Å². The molecule has 7 nitrogen and oxygen atoms in total. The topological polar surface area (TPSA) is 87.4 Å². The Hall–Kier alpha value is -1.68. The minimum absolute atomic E-state index is 0. The third-order valence-electron chi connectivity index (χ3n) is 5.03. The molecule has 3 rings (SSSR count). The highest BCUT2D eigenvalue weighted by atomic mass is 127. The van der Waals surface area contributed by atoms with Gasteiger partial charge in [-0.25, -0.2) is 4.99 Å². The van der Waals surface area contributed by atoms with Crippen molar-refractivity contribution in [1.82, 2.24) is 25.4 Å². The van der Waals surface area contributed by atoms with E-state index in [1.54, 1.807) is 0 Å². The van der Waals surface area contributed by atoms with E-state index >= 15 is 0 Å². The van der Waals surface area contributed by atoms with Gasteiger partial charge in [-0.3, -0.25) is 0 Å². The summed E-state index contributed by atoms with van der Waals surface area (Å²) >= 11 is 0. The Balaban J connectivity index is 0.00000300. The summed E-state index contributed by atoms with van der Waals surface area (Å²) < 4.78 is 2.15. The van der Waals surface area contributed by atoms with Crippen LogP contribution in [0.4, 0.5) is 0 Å². The lowest BCUT2D eigenvalue weighted by atomic mass is 9.86. The summed E-state index contributed by atoms with van der Waals surface area (Å²) in [6.07, 6.45) is 1.52. The van der Waals surface area contributed by atoms with Crippen LogP contribution in [0, 0.1) is 0 Å². The van der Waals surface area contributed by atoms with Gasteiger partial charge >= 0.3 is 0 Å². The second kappa shape index (κ2) is 10.4. The fourth-order valence-corrected chi connectivity index (χ4v) is 3.34. The van der Waals surface area contributed by atoms with Crippen molar-refractivity contribution in [2.75, 3.05) is 13.1 Å². The van der Waals surface area contributed by atoms with Gasteiger partial charge in [-0.05, 0) is 29.9 Å². The maximum Gasteiger partial charge on any atom is 0.191 e. The molecule has 0 aliphatic carbocycles. The monoisotopic (exact) mass is 512 g/mol. The van der Waals surface area contributed by atoms with Crippen molar-refractivity contribution in [2.24, 2.45) is 4.99 Å². The molecular formula is C21H33IN6O. The van der Waals surface area contributed by atoms with Crippen molar-refractivity contribution >= 4 is 29.9 Å². The maximum atomic E-state index is 10.5. The number of nitrogens with zero attached hydrogens (tertiary/aromatic N) is 4. The molecule has 1 atom stereocenters. The van der Waals surface area contributed by atoms with E-state index < -0.39 is 6.10 Å². The van der Waals surface area contributed by atoms with Crippen LogP contribution in [0.2, 0.25) is 0 Å². The molecule has 3 N–H and O–H groups in total. The van der Waals surface area contributed by atoms with Crippen LogP contribution in [-0.4, -0.2) is 38.9 Å². The summed E-state index contributed by atoms with van der Waals surface area (Å²) in [7, 11) is 0. The van der Waals surface area contributed by atoms with Crippen LogP contribution in [0.1, 0.15) is 63.0 Å². The Morgan fingerprint density at radius 2 is 1.93 bits per heavy atom. The number of fused-ring (bicyclic) bond motifs is 1. The van der Waals surface area contributed by atoms with Gasteiger partial charge in [-0.2, -0.15) is 0 Å². The zero-order valence-corrected chi connectivity index (χ0v) is 20.1. The number of aliphatic imine (C=N–C) groups is 1. The van der Waals surface area contributed by atoms with E-state index in [2.05, 4.69) is 63.3 Å². The van der Waals surface area contributed by atoms with E-state index in [9.17, 15) is 5.11 Å². The number of benzene rings is 1. The smallest absolute Gasteiger partial charge is 0.191 e. The van der Waals surface area contributed by atoms with Gasteiger partial charge in [0.2, 0.25) is 0 Å². The Morgan fingerprint density at radius 1 is 1.21 bits per heavy atom. The second-order valence-corrected chi connectivity index (χ2v) is 8.25. The number of nitrogens with one attached hydrogen (secondary N) is 2. The van der Waals surface area contributed by atoms with Crippen LogP contribution >= 0.6 is 24.0 Å². The van der Waals surface area contributed by atoms with Crippen molar-refractivity contribution in [2.45, 2.75) is 65.1 Å². The van der Waals surface area contributed by atoms with Gasteiger partial charge in [0.05, 0.1) is 6.10 Å². The average molecular weight is 512 g/mol. The number of guanidine groups is 1. The number of hydrogen-bond acceptors (Lipinski definition) is 4. The van der Waals surface area contributed by atoms with Crippen molar-refractivity contribution < 1.29 is 5.11 Å². The molecule has 1 unspecified atom stereocenters. The number of aliphatic hydroxyl groups excluding tert-OH is 1. The summed E-state index contributed by atoms with van der Waals surface area (Å²) in [6.45, 7) is 11.2. The van der Waals surface area contributed by atoms with Gasteiger partial charge in [-0.15, -0.1) is 34.2 Å². The van der Waals surface area contributed by atoms with Gasteiger partial charge in [0.25, 0.3) is 0 Å². The number of rotatable bonds is 6. The highest BCUT2D eigenvalue weighted by molar-refractivity contribution is 14.0. The summed E-state index contributed by atoms with van der Waals surface area (Å²) in [5.74, 6) is 2.61. The number of aromatic nitrogens is 3.